The summed E-state index contributed by atoms with van der Waals surface area (Å²) in [5.41, 5.74) is 0.106. The number of rotatable bonds is 6. The van der Waals surface area contributed by atoms with E-state index < -0.39 is 17.5 Å². The second-order valence-corrected chi connectivity index (χ2v) is 6.63. The third kappa shape index (κ3) is 7.27. The quantitative estimate of drug-likeness (QED) is 0.716. The number of amides is 2. The Hall–Kier alpha value is -3.23. The molecule has 144 valence electrons. The number of carbonyl (C=O) groups excluding carboxylic acids is 2. The van der Waals surface area contributed by atoms with Crippen molar-refractivity contribution in [3.05, 3.63) is 42.6 Å². The van der Waals surface area contributed by atoms with Crippen molar-refractivity contribution in [3.8, 4) is 0 Å². The van der Waals surface area contributed by atoms with Crippen LogP contribution in [0.3, 0.4) is 0 Å². The van der Waals surface area contributed by atoms with E-state index in [1.807, 2.05) is 0 Å². The summed E-state index contributed by atoms with van der Waals surface area (Å²) < 4.78 is 18.7. The summed E-state index contributed by atoms with van der Waals surface area (Å²) in [4.78, 5) is 31.6. The third-order valence-electron chi connectivity index (χ3n) is 3.10. The van der Waals surface area contributed by atoms with Crippen LogP contribution in [0.4, 0.5) is 26.4 Å². The van der Waals surface area contributed by atoms with Crippen molar-refractivity contribution in [1.82, 2.24) is 15.3 Å². The van der Waals surface area contributed by atoms with Crippen molar-refractivity contribution in [2.45, 2.75) is 32.8 Å². The van der Waals surface area contributed by atoms with Crippen LogP contribution in [0.5, 0.6) is 0 Å². The van der Waals surface area contributed by atoms with E-state index in [4.69, 9.17) is 4.74 Å². The van der Waals surface area contributed by atoms with Gasteiger partial charge in [0.15, 0.2) is 0 Å². The molecule has 27 heavy (non-hydrogen) atoms. The smallest absolute Gasteiger partial charge is 0.407 e. The number of nitrogens with one attached hydrogen (secondary N) is 3. The monoisotopic (exact) mass is 375 g/mol. The van der Waals surface area contributed by atoms with Crippen LogP contribution in [0.2, 0.25) is 0 Å². The number of halogens is 1. The maximum Gasteiger partial charge on any atom is 0.407 e. The summed E-state index contributed by atoms with van der Waals surface area (Å²) in [5.74, 6) is -0.406. The molecule has 0 aliphatic carbocycles. The number of aromatic nitrogens is 2. The zero-order valence-corrected chi connectivity index (χ0v) is 15.4. The topological polar surface area (TPSA) is 105 Å². The van der Waals surface area contributed by atoms with Gasteiger partial charge in [-0.3, -0.25) is 9.78 Å². The highest BCUT2D eigenvalue weighted by Gasteiger charge is 2.16. The fourth-order valence-corrected chi connectivity index (χ4v) is 2.04. The third-order valence-corrected chi connectivity index (χ3v) is 3.10. The summed E-state index contributed by atoms with van der Waals surface area (Å²) in [6.45, 7) is 5.35. The Morgan fingerprint density at radius 3 is 2.63 bits per heavy atom. The first-order chi connectivity index (χ1) is 12.7. The standard InChI is InChI=1S/C18H22FN5O3/c1-18(2,3)27-17(26)22-7-6-16(25)24-13-5-4-12(19)10-14(13)23-15-11-20-8-9-21-15/h4-5,8-11H,6-7H2,1-3H3,(H,21,23)(H,22,26)(H,24,25). The molecule has 3 N–H and O–H groups in total. The van der Waals surface area contributed by atoms with Gasteiger partial charge in [0.2, 0.25) is 5.91 Å². The normalized spacial score (nSPS) is 10.8. The molecule has 1 aromatic carbocycles. The molecule has 0 saturated heterocycles. The lowest BCUT2D eigenvalue weighted by molar-refractivity contribution is -0.116. The van der Waals surface area contributed by atoms with Gasteiger partial charge in [-0.05, 0) is 39.0 Å². The minimum atomic E-state index is -0.610. The van der Waals surface area contributed by atoms with Crippen LogP contribution in [0.25, 0.3) is 0 Å². The lowest BCUT2D eigenvalue weighted by Crippen LogP contribution is -2.34. The molecule has 2 amide bonds. The number of nitrogens with zero attached hydrogens (tertiary/aromatic N) is 2. The maximum absolute atomic E-state index is 13.6. The molecule has 0 aliphatic heterocycles. The summed E-state index contributed by atoms with van der Waals surface area (Å²) in [7, 11) is 0. The van der Waals surface area contributed by atoms with E-state index >= 15 is 0 Å². The highest BCUT2D eigenvalue weighted by molar-refractivity contribution is 5.95. The van der Waals surface area contributed by atoms with Crippen LogP contribution >= 0.6 is 0 Å². The van der Waals surface area contributed by atoms with Crippen LogP contribution in [-0.2, 0) is 9.53 Å². The largest absolute Gasteiger partial charge is 0.444 e. The Balaban J connectivity index is 1.92. The number of benzene rings is 1. The zero-order chi connectivity index (χ0) is 19.9. The molecule has 0 atom stereocenters. The van der Waals surface area contributed by atoms with E-state index in [2.05, 4.69) is 25.9 Å². The van der Waals surface area contributed by atoms with E-state index in [9.17, 15) is 14.0 Å². The molecule has 0 saturated carbocycles. The summed E-state index contributed by atoms with van der Waals surface area (Å²) in [5, 5.41) is 8.08. The van der Waals surface area contributed by atoms with Crippen molar-refractivity contribution in [2.75, 3.05) is 17.2 Å². The van der Waals surface area contributed by atoms with E-state index in [-0.39, 0.29) is 18.9 Å². The van der Waals surface area contributed by atoms with Crippen LogP contribution in [0.15, 0.2) is 36.8 Å². The number of alkyl carbamates (subject to hydrolysis) is 1. The minimum absolute atomic E-state index is 0.0290. The molecule has 1 aromatic heterocycles. The first-order valence-corrected chi connectivity index (χ1v) is 8.32. The Bertz CT molecular complexity index is 793. The van der Waals surface area contributed by atoms with E-state index in [0.717, 1.165) is 0 Å². The molecule has 8 nitrogen and oxygen atoms in total. The summed E-state index contributed by atoms with van der Waals surface area (Å²) in [6.07, 6.45) is 3.91. The minimum Gasteiger partial charge on any atom is -0.444 e. The fourth-order valence-electron chi connectivity index (χ4n) is 2.04. The van der Waals surface area contributed by atoms with Crippen LogP contribution < -0.4 is 16.0 Å². The van der Waals surface area contributed by atoms with Crippen molar-refractivity contribution in [3.63, 3.8) is 0 Å². The molecule has 2 aromatic rings. The molecule has 0 unspecified atom stereocenters. The van der Waals surface area contributed by atoms with Gasteiger partial charge in [0, 0.05) is 25.4 Å². The highest BCUT2D eigenvalue weighted by atomic mass is 19.1. The lowest BCUT2D eigenvalue weighted by atomic mass is 10.2. The summed E-state index contributed by atoms with van der Waals surface area (Å²) >= 11 is 0. The molecular weight excluding hydrogens is 353 g/mol. The number of hydrogen-bond acceptors (Lipinski definition) is 6. The van der Waals surface area contributed by atoms with Crippen molar-refractivity contribution >= 4 is 29.2 Å². The van der Waals surface area contributed by atoms with E-state index in [0.29, 0.717) is 17.2 Å². The van der Waals surface area contributed by atoms with E-state index in [1.165, 1.54) is 36.8 Å². The first kappa shape index (κ1) is 20.1. The van der Waals surface area contributed by atoms with Crippen LogP contribution in [0.1, 0.15) is 27.2 Å². The van der Waals surface area contributed by atoms with Crippen molar-refractivity contribution < 1.29 is 18.7 Å². The SMILES string of the molecule is CC(C)(C)OC(=O)NCCC(=O)Nc1ccc(F)cc1Nc1cnccn1. The molecule has 1 heterocycles. The summed E-state index contributed by atoms with van der Waals surface area (Å²) in [6, 6.07) is 3.91. The van der Waals surface area contributed by atoms with Gasteiger partial charge in [0.05, 0.1) is 17.6 Å². The molecule has 0 bridgehead atoms. The average Bonchev–Trinajstić information content (AvgIpc) is 2.56. The molecule has 0 spiro atoms. The van der Waals surface area contributed by atoms with Gasteiger partial charge in [0.1, 0.15) is 17.2 Å². The highest BCUT2D eigenvalue weighted by Crippen LogP contribution is 2.25. The molecule has 2 rings (SSSR count). The Morgan fingerprint density at radius 1 is 1.19 bits per heavy atom. The van der Waals surface area contributed by atoms with Gasteiger partial charge in [0.25, 0.3) is 0 Å². The Kier molecular flexibility index (Phi) is 6.64. The van der Waals surface area contributed by atoms with Gasteiger partial charge in [-0.2, -0.15) is 0 Å². The van der Waals surface area contributed by atoms with Crippen molar-refractivity contribution in [1.29, 1.82) is 0 Å². The maximum atomic E-state index is 13.6. The van der Waals surface area contributed by atoms with Gasteiger partial charge in [-0.1, -0.05) is 0 Å². The second-order valence-electron chi connectivity index (χ2n) is 6.63. The number of ether oxygens (including phenoxy) is 1. The zero-order valence-electron chi connectivity index (χ0n) is 15.4. The molecule has 0 aliphatic rings. The number of anilines is 3. The first-order valence-electron chi connectivity index (χ1n) is 8.32. The molecule has 9 heteroatoms. The fraction of sp³-hybridized carbons (Fsp3) is 0.333. The van der Waals surface area contributed by atoms with Gasteiger partial charge in [-0.15, -0.1) is 0 Å². The van der Waals surface area contributed by atoms with Crippen molar-refractivity contribution in [2.24, 2.45) is 0 Å². The number of hydrogen-bond donors (Lipinski definition) is 3. The molecular formula is C18H22FN5O3. The predicted molar refractivity (Wildman–Crippen MR) is 99.2 cm³/mol. The molecule has 0 fully saturated rings. The Labute approximate surface area is 156 Å². The second kappa shape index (κ2) is 8.93. The van der Waals surface area contributed by atoms with Gasteiger partial charge >= 0.3 is 6.09 Å². The predicted octanol–water partition coefficient (Wildman–Crippen LogP) is 3.21. The van der Waals surface area contributed by atoms with Crippen LogP contribution in [0, 0.1) is 5.82 Å². The van der Waals surface area contributed by atoms with Gasteiger partial charge in [-0.25, -0.2) is 14.2 Å². The van der Waals surface area contributed by atoms with Gasteiger partial charge < -0.3 is 20.7 Å². The lowest BCUT2D eigenvalue weighted by Gasteiger charge is -2.19. The van der Waals surface area contributed by atoms with Crippen LogP contribution in [-0.4, -0.2) is 34.1 Å². The average molecular weight is 375 g/mol. The Morgan fingerprint density at radius 2 is 1.96 bits per heavy atom. The molecule has 0 radical (unpaired) electrons. The van der Waals surface area contributed by atoms with E-state index in [1.54, 1.807) is 20.8 Å². The number of carbonyl (C=O) groups is 2.